The van der Waals surface area contributed by atoms with E-state index in [0.29, 0.717) is 5.92 Å². The summed E-state index contributed by atoms with van der Waals surface area (Å²) in [4.78, 5) is 0. The Hall–Kier alpha value is -3.32. The van der Waals surface area contributed by atoms with Gasteiger partial charge in [-0.3, -0.25) is 0 Å². The molecule has 2 atom stereocenters. The summed E-state index contributed by atoms with van der Waals surface area (Å²) >= 11 is 0. The van der Waals surface area contributed by atoms with Crippen LogP contribution in [-0.4, -0.2) is 0 Å². The molecule has 0 aliphatic heterocycles. The fourth-order valence-electron chi connectivity index (χ4n) is 5.83. The van der Waals surface area contributed by atoms with Gasteiger partial charge in [-0.25, -0.2) is 0 Å². The van der Waals surface area contributed by atoms with Gasteiger partial charge in [0.05, 0.1) is 0 Å². The molecule has 1 N–H and O–H groups in total. The Balaban J connectivity index is 1.40. The van der Waals surface area contributed by atoms with Gasteiger partial charge in [-0.2, -0.15) is 0 Å². The summed E-state index contributed by atoms with van der Waals surface area (Å²) in [5.41, 5.74) is 11.5. The summed E-state index contributed by atoms with van der Waals surface area (Å²) in [5, 5.41) is 3.70. The number of anilines is 1. The summed E-state index contributed by atoms with van der Waals surface area (Å²) in [6.07, 6.45) is 23.1. The average Bonchev–Trinajstić information content (AvgIpc) is 2.92. The monoisotopic (exact) mass is 473 g/mol. The second-order valence-corrected chi connectivity index (χ2v) is 10.7. The molecule has 0 bridgehead atoms. The van der Waals surface area contributed by atoms with E-state index in [-0.39, 0.29) is 0 Å². The van der Waals surface area contributed by atoms with Gasteiger partial charge in [0.25, 0.3) is 0 Å². The minimum atomic E-state index is 0.708. The second kappa shape index (κ2) is 11.2. The lowest BCUT2D eigenvalue weighted by atomic mass is 9.77. The summed E-state index contributed by atoms with van der Waals surface area (Å²) < 4.78 is 0. The van der Waals surface area contributed by atoms with E-state index in [0.717, 1.165) is 30.0 Å². The van der Waals surface area contributed by atoms with Gasteiger partial charge in [0.2, 0.25) is 0 Å². The van der Waals surface area contributed by atoms with Gasteiger partial charge in [0.15, 0.2) is 0 Å². The molecule has 2 unspecified atom stereocenters. The van der Waals surface area contributed by atoms with Crippen molar-refractivity contribution in [3.05, 3.63) is 114 Å². The molecule has 3 aliphatic carbocycles. The molecule has 36 heavy (non-hydrogen) atoms. The summed E-state index contributed by atoms with van der Waals surface area (Å²) in [6, 6.07) is 15.9. The van der Waals surface area contributed by atoms with Gasteiger partial charge >= 0.3 is 0 Å². The zero-order chi connectivity index (χ0) is 24.9. The van der Waals surface area contributed by atoms with Crippen molar-refractivity contribution in [3.8, 4) is 11.1 Å². The fraction of sp³-hybridized carbons (Fsp3) is 0.314. The molecule has 1 nitrogen and oxygen atoms in total. The fourth-order valence-corrected chi connectivity index (χ4v) is 5.83. The lowest BCUT2D eigenvalue weighted by molar-refractivity contribution is 0.429. The second-order valence-electron chi connectivity index (χ2n) is 10.7. The van der Waals surface area contributed by atoms with E-state index in [1.54, 1.807) is 11.6 Å². The molecule has 0 heterocycles. The molecule has 0 spiro atoms. The number of nitrogens with one attached hydrogen (secondary N) is 1. The van der Waals surface area contributed by atoms with Gasteiger partial charge in [-0.1, -0.05) is 62.6 Å². The SMILES string of the molecule is C=C/C=C\C(=C)c1cc(C2=CCCCC2)cc(-c2ccc(NC3=CC4=CC(C)CCC4CC3)cc2)c1. The lowest BCUT2D eigenvalue weighted by Gasteiger charge is -2.30. The molecule has 5 rings (SSSR count). The number of rotatable bonds is 7. The standard InChI is InChI=1S/C35H39N/c1-4-5-9-26(3)30-21-32(27-10-7-6-8-11-27)23-33(22-30)29-14-17-34(18-15-29)36-35-19-16-28-13-12-25(2)20-31(28)24-35/h4-5,9-10,14-15,17-18,20-25,28,36H,1,3,6-8,11-13,16,19H2,2H3/b9-5-. The van der Waals surface area contributed by atoms with Crippen LogP contribution < -0.4 is 5.32 Å². The van der Waals surface area contributed by atoms with E-state index in [4.69, 9.17) is 0 Å². The highest BCUT2D eigenvalue weighted by Crippen LogP contribution is 2.38. The van der Waals surface area contributed by atoms with Crippen molar-refractivity contribution in [1.29, 1.82) is 0 Å². The molecule has 2 aromatic rings. The van der Waals surface area contributed by atoms with E-state index in [1.165, 1.54) is 72.0 Å². The van der Waals surface area contributed by atoms with E-state index >= 15 is 0 Å². The first-order chi connectivity index (χ1) is 17.6. The minimum absolute atomic E-state index is 0.708. The van der Waals surface area contributed by atoms with Crippen LogP contribution in [0.4, 0.5) is 5.69 Å². The Morgan fingerprint density at radius 3 is 2.56 bits per heavy atom. The Kier molecular flexibility index (Phi) is 7.56. The Morgan fingerprint density at radius 1 is 0.944 bits per heavy atom. The number of hydrogen-bond acceptors (Lipinski definition) is 1. The predicted octanol–water partition coefficient (Wildman–Crippen LogP) is 10.1. The van der Waals surface area contributed by atoms with Gasteiger partial charge in [0.1, 0.15) is 0 Å². The highest BCUT2D eigenvalue weighted by Gasteiger charge is 2.23. The molecule has 0 saturated carbocycles. The van der Waals surface area contributed by atoms with E-state index in [9.17, 15) is 0 Å². The van der Waals surface area contributed by atoms with Crippen LogP contribution in [0.2, 0.25) is 0 Å². The molecule has 0 radical (unpaired) electrons. The first kappa shape index (κ1) is 24.4. The van der Waals surface area contributed by atoms with Gasteiger partial charge in [-0.15, -0.1) is 0 Å². The molecule has 0 fully saturated rings. The Labute approximate surface area is 217 Å². The normalized spacial score (nSPS) is 21.8. The van der Waals surface area contributed by atoms with Crippen molar-refractivity contribution in [2.75, 3.05) is 5.32 Å². The van der Waals surface area contributed by atoms with Crippen molar-refractivity contribution >= 4 is 16.8 Å². The Morgan fingerprint density at radius 2 is 1.78 bits per heavy atom. The van der Waals surface area contributed by atoms with Crippen LogP contribution in [0.25, 0.3) is 22.3 Å². The van der Waals surface area contributed by atoms with Gasteiger partial charge < -0.3 is 5.32 Å². The molecule has 184 valence electrons. The van der Waals surface area contributed by atoms with Crippen molar-refractivity contribution in [2.24, 2.45) is 11.8 Å². The van der Waals surface area contributed by atoms with Crippen molar-refractivity contribution < 1.29 is 0 Å². The molecular formula is C35H39N. The van der Waals surface area contributed by atoms with Crippen molar-refractivity contribution in [1.82, 2.24) is 0 Å². The average molecular weight is 474 g/mol. The van der Waals surface area contributed by atoms with Crippen LogP contribution >= 0.6 is 0 Å². The quantitative estimate of drug-likeness (QED) is 0.394. The molecule has 0 saturated heterocycles. The number of hydrogen-bond donors (Lipinski definition) is 1. The maximum Gasteiger partial charge on any atom is 0.0382 e. The van der Waals surface area contributed by atoms with Crippen LogP contribution in [0.3, 0.4) is 0 Å². The highest BCUT2D eigenvalue weighted by molar-refractivity contribution is 5.82. The van der Waals surface area contributed by atoms with Crippen molar-refractivity contribution in [2.45, 2.75) is 58.3 Å². The molecular weight excluding hydrogens is 434 g/mol. The van der Waals surface area contributed by atoms with Crippen LogP contribution in [0.15, 0.2) is 103 Å². The third-order valence-electron chi connectivity index (χ3n) is 7.94. The highest BCUT2D eigenvalue weighted by atomic mass is 14.9. The summed E-state index contributed by atoms with van der Waals surface area (Å²) in [5.74, 6) is 1.48. The predicted molar refractivity (Wildman–Crippen MR) is 158 cm³/mol. The number of benzene rings is 2. The Bertz CT molecular complexity index is 1250. The van der Waals surface area contributed by atoms with Crippen LogP contribution in [0.1, 0.15) is 69.4 Å². The molecule has 1 heteroatoms. The molecule has 0 amide bonds. The first-order valence-electron chi connectivity index (χ1n) is 13.7. The first-order valence-corrected chi connectivity index (χ1v) is 13.7. The van der Waals surface area contributed by atoms with Crippen LogP contribution in [0.5, 0.6) is 0 Å². The smallest absolute Gasteiger partial charge is 0.0382 e. The van der Waals surface area contributed by atoms with Crippen LogP contribution in [0, 0.1) is 11.8 Å². The van der Waals surface area contributed by atoms with Gasteiger partial charge in [-0.05, 0) is 139 Å². The number of fused-ring (bicyclic) bond motifs is 1. The third kappa shape index (κ3) is 5.73. The van der Waals surface area contributed by atoms with E-state index < -0.39 is 0 Å². The maximum absolute atomic E-state index is 4.32. The van der Waals surface area contributed by atoms with E-state index in [2.05, 4.69) is 86.1 Å². The van der Waals surface area contributed by atoms with Crippen molar-refractivity contribution in [3.63, 3.8) is 0 Å². The minimum Gasteiger partial charge on any atom is -0.359 e. The molecule has 0 aromatic heterocycles. The molecule has 2 aromatic carbocycles. The summed E-state index contributed by atoms with van der Waals surface area (Å²) in [6.45, 7) is 10.5. The zero-order valence-electron chi connectivity index (χ0n) is 21.7. The van der Waals surface area contributed by atoms with Gasteiger partial charge in [0, 0.05) is 11.4 Å². The topological polar surface area (TPSA) is 12.0 Å². The lowest BCUT2D eigenvalue weighted by Crippen LogP contribution is -2.17. The molecule has 3 aliphatic rings. The maximum atomic E-state index is 4.32. The largest absolute Gasteiger partial charge is 0.359 e. The zero-order valence-corrected chi connectivity index (χ0v) is 21.7. The number of allylic oxidation sites excluding steroid dienone is 10. The summed E-state index contributed by atoms with van der Waals surface area (Å²) in [7, 11) is 0. The third-order valence-corrected chi connectivity index (χ3v) is 7.94. The van der Waals surface area contributed by atoms with E-state index in [1.807, 2.05) is 12.2 Å². The van der Waals surface area contributed by atoms with Crippen LogP contribution in [-0.2, 0) is 0 Å².